The van der Waals surface area contributed by atoms with E-state index in [0.717, 1.165) is 0 Å². The third kappa shape index (κ3) is 6.68. The van der Waals surface area contributed by atoms with Crippen LogP contribution in [0.4, 0.5) is 17.1 Å². The summed E-state index contributed by atoms with van der Waals surface area (Å²) in [5.41, 5.74) is 8.28. The molecule has 184 valence electrons. The van der Waals surface area contributed by atoms with Crippen molar-refractivity contribution in [2.24, 2.45) is 0 Å². The summed E-state index contributed by atoms with van der Waals surface area (Å²) < 4.78 is 5.07. The summed E-state index contributed by atoms with van der Waals surface area (Å²) in [4.78, 5) is 39.0. The fourth-order valence-corrected chi connectivity index (χ4v) is 3.55. The van der Waals surface area contributed by atoms with Gasteiger partial charge in [-0.05, 0) is 55.0 Å². The zero-order chi connectivity index (χ0) is 26.1. The second-order valence-corrected chi connectivity index (χ2v) is 8.14. The van der Waals surface area contributed by atoms with E-state index in [1.165, 1.54) is 25.3 Å². The number of anilines is 3. The summed E-state index contributed by atoms with van der Waals surface area (Å²) >= 11 is 0. The van der Waals surface area contributed by atoms with Gasteiger partial charge in [-0.15, -0.1) is 0 Å². The normalized spacial score (nSPS) is 12.0. The van der Waals surface area contributed by atoms with Crippen LogP contribution in [-0.2, 0) is 14.3 Å². The first kappa shape index (κ1) is 25.9. The molecule has 3 rings (SSSR count). The van der Waals surface area contributed by atoms with Crippen LogP contribution in [0, 0.1) is 11.3 Å². The number of carbonyl (C=O) groups excluding carboxylic acids is 3. The number of amides is 3. The SMILES string of the molecule is COCC(C)NC(=O)C(C(=O)Nc1cccc(C#N)c1)c1ccc(C(=O)Nc2ccccc2N)cc1. The van der Waals surface area contributed by atoms with Crippen molar-refractivity contribution < 1.29 is 19.1 Å². The van der Waals surface area contributed by atoms with Crippen LogP contribution in [0.3, 0.4) is 0 Å². The maximum Gasteiger partial charge on any atom is 0.255 e. The highest BCUT2D eigenvalue weighted by Crippen LogP contribution is 2.22. The molecule has 2 unspecified atom stereocenters. The van der Waals surface area contributed by atoms with Crippen LogP contribution in [0.25, 0.3) is 0 Å². The summed E-state index contributed by atoms with van der Waals surface area (Å²) in [5, 5.41) is 17.3. The number of methoxy groups -OCH3 is 1. The van der Waals surface area contributed by atoms with Crippen molar-refractivity contribution >= 4 is 34.8 Å². The van der Waals surface area contributed by atoms with Crippen molar-refractivity contribution in [3.05, 3.63) is 89.5 Å². The van der Waals surface area contributed by atoms with Crippen LogP contribution in [0.5, 0.6) is 0 Å². The Hall–Kier alpha value is -4.68. The highest BCUT2D eigenvalue weighted by molar-refractivity contribution is 6.11. The average Bonchev–Trinajstić information content (AvgIpc) is 2.86. The smallest absolute Gasteiger partial charge is 0.255 e. The van der Waals surface area contributed by atoms with E-state index in [-0.39, 0.29) is 18.6 Å². The molecule has 0 aromatic heterocycles. The van der Waals surface area contributed by atoms with E-state index in [1.807, 2.05) is 6.07 Å². The molecule has 0 saturated carbocycles. The first-order valence-electron chi connectivity index (χ1n) is 11.2. The topological polar surface area (TPSA) is 146 Å². The zero-order valence-corrected chi connectivity index (χ0v) is 19.9. The van der Waals surface area contributed by atoms with Gasteiger partial charge in [0.15, 0.2) is 0 Å². The van der Waals surface area contributed by atoms with E-state index in [9.17, 15) is 14.4 Å². The van der Waals surface area contributed by atoms with E-state index < -0.39 is 17.7 Å². The molecule has 0 heterocycles. The standard InChI is InChI=1S/C27H27N5O4/c1-17(16-36-2)30-26(34)24(27(35)31-21-7-5-6-18(14-21)15-28)19-10-12-20(13-11-19)25(33)32-23-9-4-3-8-22(23)29/h3-14,17,24H,16,29H2,1-2H3,(H,30,34)(H,31,35)(H,32,33). The number of nitrogen functional groups attached to an aromatic ring is 1. The van der Waals surface area contributed by atoms with Crippen LogP contribution < -0.4 is 21.7 Å². The third-order valence-electron chi connectivity index (χ3n) is 5.30. The second kappa shape index (κ2) is 12.1. The number of hydrogen-bond donors (Lipinski definition) is 4. The number of hydrogen-bond acceptors (Lipinski definition) is 6. The maximum atomic E-state index is 13.2. The van der Waals surface area contributed by atoms with Gasteiger partial charge >= 0.3 is 0 Å². The number of nitriles is 1. The van der Waals surface area contributed by atoms with E-state index in [4.69, 9.17) is 15.7 Å². The van der Waals surface area contributed by atoms with E-state index >= 15 is 0 Å². The van der Waals surface area contributed by atoms with E-state index in [2.05, 4.69) is 16.0 Å². The molecule has 3 aromatic carbocycles. The summed E-state index contributed by atoms with van der Waals surface area (Å²) in [6, 6.07) is 21.1. The number of nitrogens with zero attached hydrogens (tertiary/aromatic N) is 1. The Kier molecular flexibility index (Phi) is 8.75. The van der Waals surface area contributed by atoms with Crippen molar-refractivity contribution in [2.45, 2.75) is 18.9 Å². The monoisotopic (exact) mass is 485 g/mol. The van der Waals surface area contributed by atoms with Crippen molar-refractivity contribution in [1.29, 1.82) is 5.26 Å². The summed E-state index contributed by atoms with van der Waals surface area (Å²) in [6.45, 7) is 2.03. The van der Waals surface area contributed by atoms with Crippen LogP contribution in [0.1, 0.15) is 34.3 Å². The number of benzene rings is 3. The van der Waals surface area contributed by atoms with E-state index in [1.54, 1.807) is 61.5 Å². The van der Waals surface area contributed by atoms with Gasteiger partial charge in [0.05, 0.1) is 29.6 Å². The Balaban J connectivity index is 1.84. The van der Waals surface area contributed by atoms with Crippen molar-refractivity contribution in [3.63, 3.8) is 0 Å². The highest BCUT2D eigenvalue weighted by Gasteiger charge is 2.30. The lowest BCUT2D eigenvalue weighted by molar-refractivity contribution is -0.129. The molecule has 9 heteroatoms. The molecule has 0 aliphatic heterocycles. The van der Waals surface area contributed by atoms with Crippen molar-refractivity contribution in [3.8, 4) is 6.07 Å². The van der Waals surface area contributed by atoms with Crippen LogP contribution in [0.15, 0.2) is 72.8 Å². The Morgan fingerprint density at radius 1 is 0.972 bits per heavy atom. The molecule has 0 radical (unpaired) electrons. The maximum absolute atomic E-state index is 13.2. The van der Waals surface area contributed by atoms with Gasteiger partial charge in [-0.2, -0.15) is 5.26 Å². The first-order chi connectivity index (χ1) is 17.3. The fraction of sp³-hybridized carbons (Fsp3) is 0.185. The van der Waals surface area contributed by atoms with Crippen LogP contribution in [0.2, 0.25) is 0 Å². The second-order valence-electron chi connectivity index (χ2n) is 8.14. The van der Waals surface area contributed by atoms with Gasteiger partial charge in [0.25, 0.3) is 5.91 Å². The quantitative estimate of drug-likeness (QED) is 0.270. The summed E-state index contributed by atoms with van der Waals surface area (Å²) in [5.74, 6) is -2.70. The molecule has 0 spiro atoms. The van der Waals surface area contributed by atoms with Crippen molar-refractivity contribution in [2.75, 3.05) is 30.1 Å². The van der Waals surface area contributed by atoms with Gasteiger partial charge in [0.2, 0.25) is 11.8 Å². The molecule has 0 aliphatic rings. The fourth-order valence-electron chi connectivity index (χ4n) is 3.55. The molecule has 5 N–H and O–H groups in total. The average molecular weight is 486 g/mol. The minimum absolute atomic E-state index is 0.270. The molecule has 36 heavy (non-hydrogen) atoms. The molecule has 0 fully saturated rings. The molecule has 0 aliphatic carbocycles. The zero-order valence-electron chi connectivity index (χ0n) is 19.9. The summed E-state index contributed by atoms with van der Waals surface area (Å²) in [6.07, 6.45) is 0. The lowest BCUT2D eigenvalue weighted by atomic mass is 9.95. The predicted octanol–water partition coefficient (Wildman–Crippen LogP) is 3.27. The number of nitrogens with one attached hydrogen (secondary N) is 3. The number of carbonyl (C=O) groups is 3. The van der Waals surface area contributed by atoms with Gasteiger partial charge in [0.1, 0.15) is 5.92 Å². The van der Waals surface area contributed by atoms with Gasteiger partial charge in [-0.25, -0.2) is 0 Å². The Bertz CT molecular complexity index is 1280. The lowest BCUT2D eigenvalue weighted by Crippen LogP contribution is -2.42. The Labute approximate surface area is 209 Å². The highest BCUT2D eigenvalue weighted by atomic mass is 16.5. The predicted molar refractivity (Wildman–Crippen MR) is 137 cm³/mol. The molecule has 3 amide bonds. The molecule has 9 nitrogen and oxygen atoms in total. The lowest BCUT2D eigenvalue weighted by Gasteiger charge is -2.20. The van der Waals surface area contributed by atoms with Gasteiger partial charge < -0.3 is 26.4 Å². The number of nitrogens with two attached hydrogens (primary N) is 1. The van der Waals surface area contributed by atoms with Gasteiger partial charge in [-0.3, -0.25) is 14.4 Å². The third-order valence-corrected chi connectivity index (χ3v) is 5.30. The molecule has 3 aromatic rings. The first-order valence-corrected chi connectivity index (χ1v) is 11.2. The minimum atomic E-state index is -1.21. The van der Waals surface area contributed by atoms with Gasteiger partial charge in [0, 0.05) is 24.4 Å². The van der Waals surface area contributed by atoms with Crippen LogP contribution >= 0.6 is 0 Å². The molecule has 2 atom stereocenters. The number of ether oxygens (including phenoxy) is 1. The van der Waals surface area contributed by atoms with Crippen LogP contribution in [-0.4, -0.2) is 37.5 Å². The molecular formula is C27H27N5O4. The number of rotatable bonds is 9. The Morgan fingerprint density at radius 3 is 2.36 bits per heavy atom. The number of para-hydroxylation sites is 2. The Morgan fingerprint density at radius 2 is 1.69 bits per heavy atom. The molecule has 0 saturated heterocycles. The van der Waals surface area contributed by atoms with Gasteiger partial charge in [-0.1, -0.05) is 30.3 Å². The van der Waals surface area contributed by atoms with E-state index in [0.29, 0.717) is 33.8 Å². The van der Waals surface area contributed by atoms with Crippen molar-refractivity contribution in [1.82, 2.24) is 5.32 Å². The summed E-state index contributed by atoms with van der Waals surface area (Å²) in [7, 11) is 1.52. The molecular weight excluding hydrogens is 458 g/mol. The largest absolute Gasteiger partial charge is 0.397 e. The minimum Gasteiger partial charge on any atom is -0.397 e. The molecule has 0 bridgehead atoms.